The molecule has 8 heteroatoms. The minimum Gasteiger partial charge on any atom is -0.382 e. The van der Waals surface area contributed by atoms with E-state index in [1.807, 2.05) is 20.8 Å². The van der Waals surface area contributed by atoms with Crippen LogP contribution in [0.3, 0.4) is 0 Å². The smallest absolute Gasteiger partial charge is 0.327 e. The molecule has 1 aromatic carbocycles. The monoisotopic (exact) mass is 347 g/mol. The number of nitrogens with zero attached hydrogens (tertiary/aromatic N) is 1. The van der Waals surface area contributed by atoms with Crippen LogP contribution in [0.5, 0.6) is 0 Å². The molecule has 6 nitrogen and oxygen atoms in total. The van der Waals surface area contributed by atoms with E-state index < -0.39 is 18.5 Å². The van der Waals surface area contributed by atoms with Gasteiger partial charge in [0, 0.05) is 19.4 Å². The Balaban J connectivity index is 0.000000763. The molecule has 22 heavy (non-hydrogen) atoms. The molecule has 0 N–H and O–H groups in total. The Labute approximate surface area is 133 Å². The van der Waals surface area contributed by atoms with E-state index in [2.05, 4.69) is 9.52 Å². The van der Waals surface area contributed by atoms with E-state index in [9.17, 15) is 13.0 Å². The predicted octanol–water partition coefficient (Wildman–Crippen LogP) is 3.06. The number of sulfone groups is 1. The molecule has 0 fully saturated rings. The van der Waals surface area contributed by atoms with Crippen molar-refractivity contribution in [1.29, 1.82) is 0 Å². The lowest BCUT2D eigenvalue weighted by Crippen LogP contribution is -2.05. The highest BCUT2D eigenvalue weighted by Crippen LogP contribution is 2.12. The van der Waals surface area contributed by atoms with Crippen molar-refractivity contribution in [2.24, 2.45) is 4.99 Å². The minimum atomic E-state index is -3.40. The van der Waals surface area contributed by atoms with Gasteiger partial charge in [0.15, 0.2) is 9.84 Å². The fourth-order valence-electron chi connectivity index (χ4n) is 1.29. The summed E-state index contributed by atoms with van der Waals surface area (Å²) < 4.78 is 42.7. The summed E-state index contributed by atoms with van der Waals surface area (Å²) >= 11 is 0. The van der Waals surface area contributed by atoms with Gasteiger partial charge in [-0.2, -0.15) is 0 Å². The van der Waals surface area contributed by atoms with E-state index >= 15 is 0 Å². The maximum atomic E-state index is 11.8. The second-order valence-electron chi connectivity index (χ2n) is 4.07. The van der Waals surface area contributed by atoms with E-state index in [-0.39, 0.29) is 17.4 Å². The van der Waals surface area contributed by atoms with Crippen LogP contribution >= 0.6 is 8.69 Å². The average Bonchev–Trinajstić information content (AvgIpc) is 2.49. The molecule has 0 saturated carbocycles. The first-order chi connectivity index (χ1) is 10.5. The first-order valence-corrected chi connectivity index (χ1v) is 9.16. The molecule has 0 aliphatic heterocycles. The van der Waals surface area contributed by atoms with Gasteiger partial charge in [0.25, 0.3) is 0 Å². The zero-order chi connectivity index (χ0) is 16.8. The summed E-state index contributed by atoms with van der Waals surface area (Å²) in [6, 6.07) is 6.56. The zero-order valence-electron chi connectivity index (χ0n) is 13.1. The third-order valence-corrected chi connectivity index (χ3v) is 4.10. The van der Waals surface area contributed by atoms with Crippen LogP contribution < -0.4 is 0 Å². The quantitative estimate of drug-likeness (QED) is 0.410. The van der Waals surface area contributed by atoms with Crippen LogP contribution in [-0.2, 0) is 23.7 Å². The molecule has 0 unspecified atom stereocenters. The van der Waals surface area contributed by atoms with Gasteiger partial charge in [0.1, 0.15) is 5.88 Å². The van der Waals surface area contributed by atoms with Crippen molar-refractivity contribution in [3.05, 3.63) is 29.8 Å². The van der Waals surface area contributed by atoms with Crippen molar-refractivity contribution in [3.8, 4) is 0 Å². The summed E-state index contributed by atoms with van der Waals surface area (Å²) in [6.45, 7) is 7.57. The highest BCUT2D eigenvalue weighted by atomic mass is 32.2. The standard InChI is InChI=1S/C10H12NO4PS.C4H10O/c1-9-2-4-10(5-3-9)17(13,14)8-11-6-7-15-16-12;1-3-5-4-2/h2-6H,7-8H2,1H3;3-4H2,1-2H3. The molecule has 1 rings (SSSR count). The zero-order valence-corrected chi connectivity index (χ0v) is 14.8. The average molecular weight is 347 g/mol. The van der Waals surface area contributed by atoms with E-state index in [0.717, 1.165) is 18.8 Å². The molecule has 0 bridgehead atoms. The first-order valence-electron chi connectivity index (χ1n) is 6.78. The Hall–Kier alpha value is -1.14. The van der Waals surface area contributed by atoms with Crippen LogP contribution in [0.4, 0.5) is 0 Å². The number of hydrogen-bond donors (Lipinski definition) is 0. The van der Waals surface area contributed by atoms with Gasteiger partial charge >= 0.3 is 8.69 Å². The Morgan fingerprint density at radius 3 is 2.23 bits per heavy atom. The molecule has 0 amide bonds. The minimum absolute atomic E-state index is 0.0223. The molecule has 0 heterocycles. The van der Waals surface area contributed by atoms with E-state index in [1.165, 1.54) is 6.21 Å². The molecular weight excluding hydrogens is 325 g/mol. The third kappa shape index (κ3) is 9.73. The Morgan fingerprint density at radius 1 is 1.18 bits per heavy atom. The fraction of sp³-hybridized carbons (Fsp3) is 0.500. The Bertz CT molecular complexity index is 541. The van der Waals surface area contributed by atoms with Crippen LogP contribution in [0.2, 0.25) is 0 Å². The second kappa shape index (κ2) is 12.4. The second-order valence-corrected chi connectivity index (χ2v) is 6.44. The number of aliphatic imine (C=N–C) groups is 1. The highest BCUT2D eigenvalue weighted by Gasteiger charge is 2.12. The number of aryl methyl sites for hydroxylation is 1. The maximum absolute atomic E-state index is 11.8. The van der Waals surface area contributed by atoms with Crippen molar-refractivity contribution in [2.45, 2.75) is 25.7 Å². The molecule has 0 spiro atoms. The highest BCUT2D eigenvalue weighted by molar-refractivity contribution is 7.91. The van der Waals surface area contributed by atoms with Crippen molar-refractivity contribution in [2.75, 3.05) is 25.7 Å². The molecule has 0 aromatic heterocycles. The molecule has 0 saturated heterocycles. The number of benzene rings is 1. The summed E-state index contributed by atoms with van der Waals surface area (Å²) in [4.78, 5) is 3.94. The number of hydrogen-bond acceptors (Lipinski definition) is 6. The maximum Gasteiger partial charge on any atom is 0.327 e. The molecule has 0 aliphatic carbocycles. The van der Waals surface area contributed by atoms with Crippen LogP contribution in [0.25, 0.3) is 0 Å². The fourth-order valence-corrected chi connectivity index (χ4v) is 2.42. The van der Waals surface area contributed by atoms with Crippen molar-refractivity contribution in [3.63, 3.8) is 0 Å². The molecule has 124 valence electrons. The van der Waals surface area contributed by atoms with E-state index in [0.29, 0.717) is 0 Å². The van der Waals surface area contributed by atoms with Gasteiger partial charge in [-0.1, -0.05) is 17.7 Å². The van der Waals surface area contributed by atoms with Crippen molar-refractivity contribution in [1.82, 2.24) is 0 Å². The lowest BCUT2D eigenvalue weighted by molar-refractivity contribution is 0.162. The summed E-state index contributed by atoms with van der Waals surface area (Å²) in [5.41, 5.74) is 0.996. The number of rotatable bonds is 8. The summed E-state index contributed by atoms with van der Waals surface area (Å²) in [5.74, 6) is -0.338. The lowest BCUT2D eigenvalue weighted by atomic mass is 10.2. The molecule has 0 atom stereocenters. The molecular formula is C14H22NO5PS. The van der Waals surface area contributed by atoms with Gasteiger partial charge in [-0.05, 0) is 32.9 Å². The van der Waals surface area contributed by atoms with Crippen LogP contribution in [0, 0.1) is 6.92 Å². The topological polar surface area (TPSA) is 82.0 Å². The largest absolute Gasteiger partial charge is 0.382 e. The van der Waals surface area contributed by atoms with Crippen molar-refractivity contribution >= 4 is 24.7 Å². The van der Waals surface area contributed by atoms with Crippen LogP contribution in [0.1, 0.15) is 19.4 Å². The normalized spacial score (nSPS) is 11.4. The lowest BCUT2D eigenvalue weighted by Gasteiger charge is -2.01. The first kappa shape index (κ1) is 20.9. The Morgan fingerprint density at radius 2 is 1.77 bits per heavy atom. The SMILES string of the molecule is CCOCC.Cc1ccc(S(=O)(=O)CN=CCOP=O)cc1. The van der Waals surface area contributed by atoms with Gasteiger partial charge in [-0.3, -0.25) is 9.52 Å². The van der Waals surface area contributed by atoms with Gasteiger partial charge in [-0.15, -0.1) is 0 Å². The van der Waals surface area contributed by atoms with Crippen molar-refractivity contribution < 1.29 is 22.2 Å². The molecule has 1 aromatic rings. The third-order valence-electron chi connectivity index (χ3n) is 2.36. The van der Waals surface area contributed by atoms with Crippen LogP contribution in [0.15, 0.2) is 34.2 Å². The number of ether oxygens (including phenoxy) is 1. The summed E-state index contributed by atoms with van der Waals surface area (Å²) in [5, 5.41) is 0. The summed E-state index contributed by atoms with van der Waals surface area (Å²) in [7, 11) is -3.85. The van der Waals surface area contributed by atoms with Gasteiger partial charge in [0.05, 0.1) is 11.5 Å². The predicted molar refractivity (Wildman–Crippen MR) is 87.4 cm³/mol. The molecule has 0 radical (unpaired) electrons. The van der Waals surface area contributed by atoms with Gasteiger partial charge in [0.2, 0.25) is 0 Å². The van der Waals surface area contributed by atoms with Gasteiger partial charge < -0.3 is 4.74 Å². The van der Waals surface area contributed by atoms with Gasteiger partial charge in [-0.25, -0.2) is 13.0 Å². The van der Waals surface area contributed by atoms with Crippen LogP contribution in [-0.4, -0.2) is 40.3 Å². The molecule has 0 aliphatic rings. The summed E-state index contributed by atoms with van der Waals surface area (Å²) in [6.07, 6.45) is 1.27. The van der Waals surface area contributed by atoms with E-state index in [4.69, 9.17) is 4.74 Å². The van der Waals surface area contributed by atoms with E-state index in [1.54, 1.807) is 24.3 Å². The Kier molecular flexibility index (Phi) is 11.8.